The Kier molecular flexibility index (Phi) is 4.09. The Bertz CT molecular complexity index is 666. The molecule has 2 bridgehead atoms. The van der Waals surface area contributed by atoms with E-state index in [0.717, 1.165) is 5.56 Å². The number of benzene rings is 1. The lowest BCUT2D eigenvalue weighted by molar-refractivity contribution is -0.165. The van der Waals surface area contributed by atoms with E-state index in [1.165, 1.54) is 0 Å². The summed E-state index contributed by atoms with van der Waals surface area (Å²) in [4.78, 5) is 4.05. The van der Waals surface area contributed by atoms with Crippen molar-refractivity contribution in [2.45, 2.75) is 37.1 Å². The van der Waals surface area contributed by atoms with Gasteiger partial charge in [-0.05, 0) is 11.6 Å². The molecule has 5 atom stereocenters. The summed E-state index contributed by atoms with van der Waals surface area (Å²) < 4.78 is 13.4. The topological polar surface area (TPSA) is 68.5 Å². The van der Waals surface area contributed by atoms with Gasteiger partial charge >= 0.3 is 0 Å². The van der Waals surface area contributed by atoms with Gasteiger partial charge in [-0.2, -0.15) is 0 Å². The molecule has 1 aromatic carbocycles. The van der Waals surface area contributed by atoms with Gasteiger partial charge in [0.1, 0.15) is 12.1 Å². The van der Waals surface area contributed by atoms with Crippen LogP contribution in [0.4, 0.5) is 0 Å². The maximum Gasteiger partial charge on any atom is 0.181 e. The minimum Gasteiger partial charge on any atom is -0.389 e. The molecule has 2 aliphatic rings. The first-order chi connectivity index (χ1) is 11.2. The minimum absolute atomic E-state index is 0.169. The normalized spacial score (nSPS) is 33.0. The number of aliphatic hydroxyl groups excluding tert-OH is 1. The van der Waals surface area contributed by atoms with E-state index >= 15 is 0 Å². The van der Waals surface area contributed by atoms with Crippen LogP contribution >= 0.6 is 11.6 Å². The summed E-state index contributed by atoms with van der Waals surface area (Å²) in [5.74, 6) is 0. The highest BCUT2D eigenvalue weighted by molar-refractivity contribution is 6.31. The molecule has 0 unspecified atom stereocenters. The second-order valence-electron chi connectivity index (χ2n) is 5.87. The van der Waals surface area contributed by atoms with Gasteiger partial charge in [-0.3, -0.25) is 0 Å². The molecule has 2 saturated heterocycles. The number of hydrogen-bond donors (Lipinski definition) is 2. The van der Waals surface area contributed by atoms with E-state index in [4.69, 9.17) is 21.1 Å². The molecule has 0 spiro atoms. The fourth-order valence-corrected chi connectivity index (χ4v) is 3.49. The number of imidazole rings is 1. The van der Waals surface area contributed by atoms with Gasteiger partial charge in [-0.15, -0.1) is 0 Å². The van der Waals surface area contributed by atoms with Crippen LogP contribution in [-0.4, -0.2) is 45.8 Å². The highest BCUT2D eigenvalue weighted by atomic mass is 35.5. The summed E-state index contributed by atoms with van der Waals surface area (Å²) in [7, 11) is 0. The van der Waals surface area contributed by atoms with Gasteiger partial charge in [0.2, 0.25) is 0 Å². The third-order valence-electron chi connectivity index (χ3n) is 4.49. The van der Waals surface area contributed by atoms with Gasteiger partial charge in [0, 0.05) is 24.0 Å². The molecule has 2 N–H and O–H groups in total. The number of rotatable bonds is 4. The van der Waals surface area contributed by atoms with E-state index in [0.29, 0.717) is 18.2 Å². The fraction of sp³-hybridized carbons (Fsp3) is 0.438. The Balaban J connectivity index is 1.52. The molecule has 2 aliphatic heterocycles. The maximum atomic E-state index is 10.8. The standard InChI is InChI=1S/C16H18ClN3O3/c17-11-4-2-1-3-10(11)7-19-13-12-8-22-16(23-12)14(15(13)21)20-6-5-18-9-20/h1-6,9,12-16,19,21H,7-8H2/t12-,13-,14-,15+,16-/m1/s1. The van der Waals surface area contributed by atoms with Gasteiger partial charge in [0.25, 0.3) is 0 Å². The Morgan fingerprint density at radius 3 is 3.04 bits per heavy atom. The summed E-state index contributed by atoms with van der Waals surface area (Å²) in [5, 5.41) is 14.9. The Morgan fingerprint density at radius 1 is 1.39 bits per heavy atom. The van der Waals surface area contributed by atoms with Crippen molar-refractivity contribution in [2.75, 3.05) is 6.61 Å². The van der Waals surface area contributed by atoms with Crippen LogP contribution in [0, 0.1) is 0 Å². The Hall–Kier alpha value is -1.44. The summed E-state index contributed by atoms with van der Waals surface area (Å²) in [6.45, 7) is 1.02. The molecule has 0 saturated carbocycles. The first kappa shape index (κ1) is 15.1. The zero-order valence-electron chi connectivity index (χ0n) is 12.4. The number of ether oxygens (including phenoxy) is 2. The van der Waals surface area contributed by atoms with E-state index < -0.39 is 12.4 Å². The van der Waals surface area contributed by atoms with Crippen LogP contribution in [0.15, 0.2) is 43.0 Å². The first-order valence-electron chi connectivity index (χ1n) is 7.63. The molecular weight excluding hydrogens is 318 g/mol. The lowest BCUT2D eigenvalue weighted by Gasteiger charge is -2.39. The number of hydrogen-bond acceptors (Lipinski definition) is 5. The molecule has 7 heteroatoms. The number of aromatic nitrogens is 2. The van der Waals surface area contributed by atoms with Crippen LogP contribution < -0.4 is 5.32 Å². The van der Waals surface area contributed by atoms with Crippen LogP contribution in [0.3, 0.4) is 0 Å². The van der Waals surface area contributed by atoms with Crippen molar-refractivity contribution in [2.24, 2.45) is 0 Å². The number of halogens is 1. The molecule has 122 valence electrons. The Labute approximate surface area is 139 Å². The fourth-order valence-electron chi connectivity index (χ4n) is 3.29. The third kappa shape index (κ3) is 2.77. The maximum absolute atomic E-state index is 10.8. The minimum atomic E-state index is -0.641. The molecular formula is C16H18ClN3O3. The van der Waals surface area contributed by atoms with Gasteiger partial charge in [0.05, 0.1) is 25.1 Å². The molecule has 0 amide bonds. The molecule has 4 rings (SSSR count). The molecule has 6 nitrogen and oxygen atoms in total. The second kappa shape index (κ2) is 6.22. The highest BCUT2D eigenvalue weighted by Crippen LogP contribution is 2.35. The van der Waals surface area contributed by atoms with E-state index in [1.54, 1.807) is 12.5 Å². The molecule has 2 fully saturated rings. The molecule has 0 aliphatic carbocycles. The Morgan fingerprint density at radius 2 is 2.26 bits per heavy atom. The summed E-state index contributed by atoms with van der Waals surface area (Å²) >= 11 is 6.20. The SMILES string of the molecule is O[C@H]1[C@H](NCc2ccccc2Cl)[C@H]2CO[C@H](O2)[C@@H]1n1ccnc1. The zero-order valence-corrected chi connectivity index (χ0v) is 13.1. The van der Waals surface area contributed by atoms with Crippen molar-refractivity contribution in [1.29, 1.82) is 0 Å². The van der Waals surface area contributed by atoms with Crippen LogP contribution in [-0.2, 0) is 16.0 Å². The average molecular weight is 336 g/mol. The smallest absolute Gasteiger partial charge is 0.181 e. The quantitative estimate of drug-likeness (QED) is 0.883. The third-order valence-corrected chi connectivity index (χ3v) is 4.85. The highest BCUT2D eigenvalue weighted by Gasteiger charge is 2.50. The largest absolute Gasteiger partial charge is 0.389 e. The van der Waals surface area contributed by atoms with Crippen LogP contribution in [0.25, 0.3) is 0 Å². The predicted molar refractivity (Wildman–Crippen MR) is 84.0 cm³/mol. The van der Waals surface area contributed by atoms with Gasteiger partial charge in [-0.25, -0.2) is 4.98 Å². The van der Waals surface area contributed by atoms with Crippen molar-refractivity contribution < 1.29 is 14.6 Å². The molecule has 2 aromatic rings. The van der Waals surface area contributed by atoms with Gasteiger partial charge in [-0.1, -0.05) is 29.8 Å². The summed E-state index contributed by atoms with van der Waals surface area (Å²) in [6.07, 6.45) is 3.91. The predicted octanol–water partition coefficient (Wildman–Crippen LogP) is 1.35. The lowest BCUT2D eigenvalue weighted by atomic mass is 9.95. The van der Waals surface area contributed by atoms with Crippen LogP contribution in [0.2, 0.25) is 5.02 Å². The molecule has 0 radical (unpaired) electrons. The number of aliphatic hydroxyl groups is 1. The van der Waals surface area contributed by atoms with Crippen molar-refractivity contribution in [3.8, 4) is 0 Å². The van der Waals surface area contributed by atoms with Crippen molar-refractivity contribution in [3.05, 3.63) is 53.6 Å². The summed E-state index contributed by atoms with van der Waals surface area (Å²) in [5.41, 5.74) is 0.988. The zero-order chi connectivity index (χ0) is 15.8. The van der Waals surface area contributed by atoms with E-state index in [9.17, 15) is 5.11 Å². The first-order valence-corrected chi connectivity index (χ1v) is 8.01. The number of nitrogens with zero attached hydrogens (tertiary/aromatic N) is 2. The lowest BCUT2D eigenvalue weighted by Crippen LogP contribution is -2.57. The second-order valence-corrected chi connectivity index (χ2v) is 6.27. The average Bonchev–Trinajstić information content (AvgIpc) is 3.21. The van der Waals surface area contributed by atoms with Crippen LogP contribution in [0.1, 0.15) is 11.6 Å². The van der Waals surface area contributed by atoms with E-state index in [-0.39, 0.29) is 18.2 Å². The van der Waals surface area contributed by atoms with Crippen molar-refractivity contribution in [1.82, 2.24) is 14.9 Å². The molecule has 1 aromatic heterocycles. The van der Waals surface area contributed by atoms with E-state index in [1.807, 2.05) is 35.0 Å². The number of nitrogens with one attached hydrogen (secondary N) is 1. The van der Waals surface area contributed by atoms with Crippen molar-refractivity contribution >= 4 is 11.6 Å². The van der Waals surface area contributed by atoms with E-state index in [2.05, 4.69) is 10.3 Å². The summed E-state index contributed by atoms with van der Waals surface area (Å²) in [6, 6.07) is 7.11. The van der Waals surface area contributed by atoms with Gasteiger partial charge < -0.3 is 24.5 Å². The van der Waals surface area contributed by atoms with Crippen molar-refractivity contribution in [3.63, 3.8) is 0 Å². The molecule has 23 heavy (non-hydrogen) atoms. The van der Waals surface area contributed by atoms with Gasteiger partial charge in [0.15, 0.2) is 6.29 Å². The van der Waals surface area contributed by atoms with Crippen LogP contribution in [0.5, 0.6) is 0 Å². The monoisotopic (exact) mass is 335 g/mol. The number of fused-ring (bicyclic) bond motifs is 2. The molecule has 3 heterocycles.